The summed E-state index contributed by atoms with van der Waals surface area (Å²) in [6.07, 6.45) is 3.90. The minimum Gasteiger partial charge on any atom is -0.367 e. The smallest absolute Gasteiger partial charge is 0.214 e. The van der Waals surface area contributed by atoms with E-state index in [0.717, 1.165) is 33.9 Å². The summed E-state index contributed by atoms with van der Waals surface area (Å²) in [7, 11) is 0. The van der Waals surface area contributed by atoms with Crippen LogP contribution in [0.15, 0.2) is 17.8 Å². The van der Waals surface area contributed by atoms with E-state index in [2.05, 4.69) is 30.7 Å². The van der Waals surface area contributed by atoms with Crippen LogP contribution in [-0.2, 0) is 10.2 Å². The summed E-state index contributed by atoms with van der Waals surface area (Å²) in [5.74, 6) is 0. The van der Waals surface area contributed by atoms with Crippen molar-refractivity contribution in [2.45, 2.75) is 32.3 Å². The Hall–Kier alpha value is -1.51. The van der Waals surface area contributed by atoms with E-state index in [1.165, 1.54) is 0 Å². The van der Waals surface area contributed by atoms with Crippen molar-refractivity contribution in [3.05, 3.63) is 28.5 Å². The molecule has 23 heavy (non-hydrogen) atoms. The van der Waals surface area contributed by atoms with Crippen molar-refractivity contribution in [3.8, 4) is 0 Å². The van der Waals surface area contributed by atoms with Crippen LogP contribution >= 0.6 is 22.7 Å². The highest BCUT2D eigenvalue weighted by Gasteiger charge is 2.27. The van der Waals surface area contributed by atoms with Gasteiger partial charge in [0.05, 0.1) is 25.0 Å². The molecule has 1 atom stereocenters. The number of fused-ring (bicyclic) bond motifs is 1. The lowest BCUT2D eigenvalue weighted by Gasteiger charge is -2.31. The van der Waals surface area contributed by atoms with Gasteiger partial charge in [-0.25, -0.2) is 14.5 Å². The Morgan fingerprint density at radius 1 is 1.35 bits per heavy atom. The first-order valence-electron chi connectivity index (χ1n) is 7.63. The molecule has 1 aliphatic rings. The molecule has 0 amide bonds. The van der Waals surface area contributed by atoms with Gasteiger partial charge in [0.15, 0.2) is 0 Å². The lowest BCUT2D eigenvalue weighted by atomic mass is 9.93. The minimum absolute atomic E-state index is 0.0325. The predicted octanol–water partition coefficient (Wildman–Crippen LogP) is 3.12. The van der Waals surface area contributed by atoms with E-state index in [1.807, 2.05) is 22.3 Å². The number of ether oxygens (including phenoxy) is 1. The summed E-state index contributed by atoms with van der Waals surface area (Å²) >= 11 is 3.27. The van der Waals surface area contributed by atoms with Crippen molar-refractivity contribution in [2.75, 3.05) is 24.6 Å². The Labute approximate surface area is 142 Å². The zero-order valence-electron chi connectivity index (χ0n) is 13.4. The van der Waals surface area contributed by atoms with Crippen LogP contribution < -0.4 is 4.90 Å². The number of morpholine rings is 1. The number of aromatic nitrogens is 4. The monoisotopic (exact) mass is 349 g/mol. The van der Waals surface area contributed by atoms with Crippen LogP contribution in [0, 0.1) is 0 Å². The Balaban J connectivity index is 1.57. The third-order valence-electron chi connectivity index (χ3n) is 3.86. The van der Waals surface area contributed by atoms with E-state index in [9.17, 15) is 0 Å². The molecule has 1 saturated heterocycles. The molecule has 0 aromatic carbocycles. The van der Waals surface area contributed by atoms with E-state index in [1.54, 1.807) is 22.7 Å². The van der Waals surface area contributed by atoms with Crippen LogP contribution in [0.3, 0.4) is 0 Å². The second-order valence-corrected chi connectivity index (χ2v) is 8.52. The predicted molar refractivity (Wildman–Crippen MR) is 92.6 cm³/mol. The molecule has 1 fully saturated rings. The zero-order valence-corrected chi connectivity index (χ0v) is 15.0. The van der Waals surface area contributed by atoms with Gasteiger partial charge in [0.2, 0.25) is 10.1 Å². The molecular formula is C15H19N5OS2. The Morgan fingerprint density at radius 2 is 2.22 bits per heavy atom. The van der Waals surface area contributed by atoms with E-state index in [0.29, 0.717) is 6.61 Å². The summed E-state index contributed by atoms with van der Waals surface area (Å²) in [6, 6.07) is 0. The number of rotatable bonds is 2. The third kappa shape index (κ3) is 2.86. The topological polar surface area (TPSA) is 55.5 Å². The lowest BCUT2D eigenvalue weighted by molar-refractivity contribution is 0.0396. The molecule has 3 aromatic rings. The van der Waals surface area contributed by atoms with Gasteiger partial charge >= 0.3 is 0 Å². The highest BCUT2D eigenvalue weighted by atomic mass is 32.1. The maximum absolute atomic E-state index is 5.85. The van der Waals surface area contributed by atoms with E-state index >= 15 is 0 Å². The van der Waals surface area contributed by atoms with Crippen LogP contribution in [0.1, 0.15) is 37.6 Å². The zero-order chi connectivity index (χ0) is 16.0. The summed E-state index contributed by atoms with van der Waals surface area (Å²) in [6.45, 7) is 8.84. The quantitative estimate of drug-likeness (QED) is 0.711. The molecule has 0 radical (unpaired) electrons. The summed E-state index contributed by atoms with van der Waals surface area (Å²) in [5.41, 5.74) is 1.12. The maximum Gasteiger partial charge on any atom is 0.214 e. The third-order valence-corrected chi connectivity index (χ3v) is 5.72. The number of nitrogens with zero attached hydrogens (tertiary/aromatic N) is 5. The summed E-state index contributed by atoms with van der Waals surface area (Å²) < 4.78 is 7.75. The SMILES string of the molecule is CC(C)(C)c1cn2nc(N3CCOC(c4nccs4)C3)sc2n1. The second kappa shape index (κ2) is 5.54. The van der Waals surface area contributed by atoms with Crippen molar-refractivity contribution < 1.29 is 4.74 Å². The summed E-state index contributed by atoms with van der Waals surface area (Å²) in [5, 5.41) is 8.73. The first-order valence-corrected chi connectivity index (χ1v) is 9.33. The van der Waals surface area contributed by atoms with Gasteiger partial charge in [-0.15, -0.1) is 16.4 Å². The normalized spacial score (nSPS) is 19.6. The molecule has 4 heterocycles. The molecule has 1 aliphatic heterocycles. The number of hydrogen-bond acceptors (Lipinski definition) is 7. The van der Waals surface area contributed by atoms with E-state index in [4.69, 9.17) is 14.8 Å². The Bertz CT molecular complexity index is 770. The molecule has 6 nitrogen and oxygen atoms in total. The Morgan fingerprint density at radius 3 is 2.91 bits per heavy atom. The fourth-order valence-electron chi connectivity index (χ4n) is 2.54. The van der Waals surface area contributed by atoms with Gasteiger partial charge in [-0.1, -0.05) is 32.1 Å². The highest BCUT2D eigenvalue weighted by Crippen LogP contribution is 2.31. The van der Waals surface area contributed by atoms with E-state index < -0.39 is 0 Å². The van der Waals surface area contributed by atoms with Crippen molar-refractivity contribution in [1.29, 1.82) is 0 Å². The van der Waals surface area contributed by atoms with Crippen molar-refractivity contribution in [3.63, 3.8) is 0 Å². The second-order valence-electron chi connectivity index (χ2n) is 6.66. The molecule has 0 spiro atoms. The number of imidazole rings is 1. The minimum atomic E-state index is 0.0325. The molecule has 1 unspecified atom stereocenters. The van der Waals surface area contributed by atoms with Gasteiger partial charge in [-0.3, -0.25) is 0 Å². The van der Waals surface area contributed by atoms with Crippen molar-refractivity contribution >= 4 is 32.8 Å². The molecule has 0 aliphatic carbocycles. The van der Waals surface area contributed by atoms with Gasteiger partial charge in [0.25, 0.3) is 0 Å². The average molecular weight is 349 g/mol. The fourth-order valence-corrected chi connectivity index (χ4v) is 4.14. The van der Waals surface area contributed by atoms with Crippen molar-refractivity contribution in [2.24, 2.45) is 0 Å². The molecular weight excluding hydrogens is 330 g/mol. The Kier molecular flexibility index (Phi) is 3.62. The van der Waals surface area contributed by atoms with Crippen LogP contribution in [-0.4, -0.2) is 39.3 Å². The van der Waals surface area contributed by atoms with Gasteiger partial charge < -0.3 is 9.64 Å². The number of hydrogen-bond donors (Lipinski definition) is 0. The summed E-state index contributed by atoms with van der Waals surface area (Å²) in [4.78, 5) is 12.3. The fraction of sp³-hybridized carbons (Fsp3) is 0.533. The molecule has 122 valence electrons. The molecule has 0 N–H and O–H groups in total. The molecule has 0 saturated carbocycles. The van der Waals surface area contributed by atoms with E-state index in [-0.39, 0.29) is 11.5 Å². The first kappa shape index (κ1) is 15.0. The van der Waals surface area contributed by atoms with Crippen LogP contribution in [0.4, 0.5) is 5.13 Å². The van der Waals surface area contributed by atoms with Gasteiger partial charge in [0, 0.05) is 23.5 Å². The van der Waals surface area contributed by atoms with Gasteiger partial charge in [-0.05, 0) is 0 Å². The molecule has 0 bridgehead atoms. The average Bonchev–Trinajstić information content (AvgIpc) is 3.22. The van der Waals surface area contributed by atoms with Crippen LogP contribution in [0.25, 0.3) is 4.96 Å². The largest absolute Gasteiger partial charge is 0.367 e. The first-order chi connectivity index (χ1) is 11.0. The number of thiazole rings is 1. The van der Waals surface area contributed by atoms with Gasteiger partial charge in [0.1, 0.15) is 11.1 Å². The highest BCUT2D eigenvalue weighted by molar-refractivity contribution is 7.20. The lowest BCUT2D eigenvalue weighted by Crippen LogP contribution is -2.38. The molecule has 8 heteroatoms. The maximum atomic E-state index is 5.85. The molecule has 3 aromatic heterocycles. The standard InChI is InChI=1S/C15H19N5OS2/c1-15(2,3)11-9-20-13(17-11)23-14(18-20)19-5-6-21-10(8-19)12-16-4-7-22-12/h4,7,9-10H,5-6,8H2,1-3H3. The number of anilines is 1. The van der Waals surface area contributed by atoms with Crippen molar-refractivity contribution in [1.82, 2.24) is 19.6 Å². The van der Waals surface area contributed by atoms with Crippen LogP contribution in [0.2, 0.25) is 0 Å². The molecule has 4 rings (SSSR count). The van der Waals surface area contributed by atoms with Crippen LogP contribution in [0.5, 0.6) is 0 Å². The van der Waals surface area contributed by atoms with Gasteiger partial charge in [-0.2, -0.15) is 0 Å².